The number of amides is 1. The van der Waals surface area contributed by atoms with E-state index in [2.05, 4.69) is 30.8 Å². The number of carbonyl (C=O) groups is 1. The summed E-state index contributed by atoms with van der Waals surface area (Å²) >= 11 is 6.19. The van der Waals surface area contributed by atoms with Gasteiger partial charge in [0.2, 0.25) is 0 Å². The van der Waals surface area contributed by atoms with Crippen molar-refractivity contribution in [2.45, 2.75) is 25.9 Å². The Morgan fingerprint density at radius 2 is 1.89 bits per heavy atom. The molecule has 0 saturated heterocycles. The van der Waals surface area contributed by atoms with Crippen LogP contribution in [-0.2, 0) is 4.84 Å². The van der Waals surface area contributed by atoms with Gasteiger partial charge in [-0.25, -0.2) is 15.0 Å². The molecule has 0 bridgehead atoms. The maximum atomic E-state index is 12.8. The van der Waals surface area contributed by atoms with Gasteiger partial charge >= 0.3 is 0 Å². The Morgan fingerprint density at radius 1 is 1.14 bits per heavy atom. The van der Waals surface area contributed by atoms with Crippen LogP contribution in [0.1, 0.15) is 47.7 Å². The molecule has 0 aliphatic rings. The molecule has 0 spiro atoms. The van der Waals surface area contributed by atoms with E-state index in [4.69, 9.17) is 16.4 Å². The third kappa shape index (κ3) is 4.50. The van der Waals surface area contributed by atoms with E-state index >= 15 is 0 Å². The number of nitrogens with zero attached hydrogens (tertiary/aromatic N) is 5. The molecule has 28 heavy (non-hydrogen) atoms. The average Bonchev–Trinajstić information content (AvgIpc) is 3.18. The van der Waals surface area contributed by atoms with Crippen LogP contribution in [0.25, 0.3) is 5.95 Å². The second kappa shape index (κ2) is 8.87. The minimum atomic E-state index is -0.434. The summed E-state index contributed by atoms with van der Waals surface area (Å²) < 4.78 is 1.49. The third-order valence-corrected chi connectivity index (χ3v) is 4.25. The summed E-state index contributed by atoms with van der Waals surface area (Å²) in [4.78, 5) is 30.3. The van der Waals surface area contributed by atoms with Crippen molar-refractivity contribution in [3.63, 3.8) is 0 Å². The maximum Gasteiger partial charge on any atom is 0.252 e. The molecule has 0 aliphatic heterocycles. The Balaban J connectivity index is 1.80. The fourth-order valence-corrected chi connectivity index (χ4v) is 2.93. The van der Waals surface area contributed by atoms with E-state index in [1.807, 2.05) is 13.8 Å². The Bertz CT molecular complexity index is 948. The molecule has 2 N–H and O–H groups in total. The van der Waals surface area contributed by atoms with Gasteiger partial charge in [-0.3, -0.25) is 4.79 Å². The fourth-order valence-electron chi connectivity index (χ4n) is 2.68. The highest BCUT2D eigenvalue weighted by Gasteiger charge is 2.19. The zero-order valence-electron chi connectivity index (χ0n) is 15.6. The number of rotatable bonds is 7. The normalized spacial score (nSPS) is 13.1. The molecule has 2 heterocycles. The van der Waals surface area contributed by atoms with Gasteiger partial charge in [-0.05, 0) is 43.7 Å². The summed E-state index contributed by atoms with van der Waals surface area (Å²) in [7, 11) is 1.53. The van der Waals surface area contributed by atoms with Crippen LogP contribution >= 0.6 is 11.6 Å². The zero-order chi connectivity index (χ0) is 20.1. The molecule has 146 valence electrons. The highest BCUT2D eigenvalue weighted by molar-refractivity contribution is 6.31. The smallest absolute Gasteiger partial charge is 0.252 e. The second-order valence-electron chi connectivity index (χ2n) is 6.09. The summed E-state index contributed by atoms with van der Waals surface area (Å²) in [5.41, 5.74) is 4.08. The monoisotopic (exact) mass is 401 g/mol. The molecule has 0 aliphatic carbocycles. The molecule has 1 unspecified atom stereocenters. The molecule has 1 amide bonds. The van der Waals surface area contributed by atoms with Crippen molar-refractivity contribution in [3.05, 3.63) is 65.0 Å². The Kier molecular flexibility index (Phi) is 6.30. The number of hydrogen-bond donors (Lipinski definition) is 2. The van der Waals surface area contributed by atoms with Crippen molar-refractivity contribution in [1.82, 2.24) is 35.5 Å². The lowest BCUT2D eigenvalue weighted by Crippen LogP contribution is -2.29. The lowest BCUT2D eigenvalue weighted by molar-refractivity contribution is 0.0658. The maximum absolute atomic E-state index is 12.8. The highest BCUT2D eigenvalue weighted by Crippen LogP contribution is 2.21. The lowest BCUT2D eigenvalue weighted by Gasteiger charge is -2.16. The summed E-state index contributed by atoms with van der Waals surface area (Å²) in [5.74, 6) is 0.598. The number of halogens is 1. The fraction of sp³-hybridized carbons (Fsp3) is 0.278. The summed E-state index contributed by atoms with van der Waals surface area (Å²) in [6.07, 6.45) is 4.61. The van der Waals surface area contributed by atoms with Gasteiger partial charge in [-0.2, -0.15) is 15.3 Å². The topological polar surface area (TPSA) is 107 Å². The summed E-state index contributed by atoms with van der Waals surface area (Å²) in [6.45, 7) is 3.71. The highest BCUT2D eigenvalue weighted by atomic mass is 35.5. The van der Waals surface area contributed by atoms with Gasteiger partial charge in [0, 0.05) is 23.0 Å². The van der Waals surface area contributed by atoms with Crippen molar-refractivity contribution >= 4 is 17.5 Å². The number of hydroxylamine groups is 1. The number of benzene rings is 1. The first-order chi connectivity index (χ1) is 13.5. The quantitative estimate of drug-likeness (QED) is 0.585. The van der Waals surface area contributed by atoms with Crippen molar-refractivity contribution < 1.29 is 9.63 Å². The number of nitrogens with one attached hydrogen (secondary N) is 2. The average molecular weight is 402 g/mol. The SMILES string of the molecule is CONC(C)c1cc(Cl)cc(C(=O)N[C@H](C)c2ncnn2-c2ncccn2)c1. The number of carbonyl (C=O) groups excluding carboxylic acids is 1. The number of aromatic nitrogens is 5. The van der Waals surface area contributed by atoms with Crippen LogP contribution in [-0.4, -0.2) is 37.7 Å². The van der Waals surface area contributed by atoms with Gasteiger partial charge in [-0.1, -0.05) is 11.6 Å². The lowest BCUT2D eigenvalue weighted by atomic mass is 10.0. The third-order valence-electron chi connectivity index (χ3n) is 4.03. The molecule has 0 saturated carbocycles. The molecule has 9 nitrogen and oxygen atoms in total. The van der Waals surface area contributed by atoms with Gasteiger partial charge < -0.3 is 10.2 Å². The van der Waals surface area contributed by atoms with E-state index in [1.165, 1.54) is 18.1 Å². The van der Waals surface area contributed by atoms with Crippen molar-refractivity contribution in [3.8, 4) is 5.95 Å². The largest absolute Gasteiger partial charge is 0.342 e. The Hall–Kier alpha value is -2.88. The van der Waals surface area contributed by atoms with Crippen LogP contribution in [0.3, 0.4) is 0 Å². The molecule has 0 radical (unpaired) electrons. The van der Waals surface area contributed by atoms with Gasteiger partial charge in [0.05, 0.1) is 19.2 Å². The number of hydrogen-bond acceptors (Lipinski definition) is 7. The molecule has 1 aromatic carbocycles. The van der Waals surface area contributed by atoms with Crippen LogP contribution in [0.2, 0.25) is 5.02 Å². The predicted molar refractivity (Wildman–Crippen MR) is 103 cm³/mol. The van der Waals surface area contributed by atoms with Crippen LogP contribution in [0.4, 0.5) is 0 Å². The van der Waals surface area contributed by atoms with Gasteiger partial charge in [0.1, 0.15) is 6.33 Å². The molecule has 2 aromatic heterocycles. The van der Waals surface area contributed by atoms with Gasteiger partial charge in [0.15, 0.2) is 5.82 Å². The van der Waals surface area contributed by atoms with E-state index in [0.717, 1.165) is 5.56 Å². The minimum absolute atomic E-state index is 0.133. The van der Waals surface area contributed by atoms with Crippen LogP contribution < -0.4 is 10.8 Å². The standard InChI is InChI=1S/C18H20ClN7O2/c1-11(25-28-3)13-7-14(9-15(19)8-13)17(27)24-12(2)16-22-10-23-26(16)18-20-5-4-6-21-18/h4-12,25H,1-3H3,(H,24,27)/t11?,12-/m1/s1. The molecular formula is C18H20ClN7O2. The van der Waals surface area contributed by atoms with Crippen molar-refractivity contribution in [2.24, 2.45) is 0 Å². The van der Waals surface area contributed by atoms with Crippen LogP contribution in [0.5, 0.6) is 0 Å². The van der Waals surface area contributed by atoms with E-state index < -0.39 is 6.04 Å². The summed E-state index contributed by atoms with van der Waals surface area (Å²) in [6, 6.07) is 6.29. The van der Waals surface area contributed by atoms with Crippen molar-refractivity contribution in [1.29, 1.82) is 0 Å². The molecule has 0 fully saturated rings. The van der Waals surface area contributed by atoms with E-state index in [9.17, 15) is 4.79 Å². The molecule has 2 atom stereocenters. The molecule has 10 heteroatoms. The Labute approximate surface area is 167 Å². The molecular weight excluding hydrogens is 382 g/mol. The van der Waals surface area contributed by atoms with Crippen LogP contribution in [0.15, 0.2) is 43.0 Å². The van der Waals surface area contributed by atoms with Gasteiger partial charge in [0.25, 0.3) is 11.9 Å². The first kappa shape index (κ1) is 19.9. The predicted octanol–water partition coefficient (Wildman–Crippen LogP) is 2.41. The van der Waals surface area contributed by atoms with E-state index in [1.54, 1.807) is 36.7 Å². The van der Waals surface area contributed by atoms with E-state index in [0.29, 0.717) is 22.4 Å². The van der Waals surface area contributed by atoms with Crippen LogP contribution in [0, 0.1) is 0 Å². The minimum Gasteiger partial charge on any atom is -0.342 e. The van der Waals surface area contributed by atoms with Crippen molar-refractivity contribution in [2.75, 3.05) is 7.11 Å². The zero-order valence-corrected chi connectivity index (χ0v) is 16.4. The molecule has 3 rings (SSSR count). The second-order valence-corrected chi connectivity index (χ2v) is 6.53. The molecule has 3 aromatic rings. The van der Waals surface area contributed by atoms with E-state index in [-0.39, 0.29) is 11.9 Å². The summed E-state index contributed by atoms with van der Waals surface area (Å²) in [5, 5.41) is 7.51. The first-order valence-electron chi connectivity index (χ1n) is 8.56. The van der Waals surface area contributed by atoms with Gasteiger partial charge in [-0.15, -0.1) is 0 Å². The first-order valence-corrected chi connectivity index (χ1v) is 8.94. The Morgan fingerprint density at radius 3 is 2.61 bits per heavy atom.